The molecular weight excluding hydrogens is 482 g/mol. The summed E-state index contributed by atoms with van der Waals surface area (Å²) in [4.78, 5) is 45.4. The van der Waals surface area contributed by atoms with E-state index in [-0.39, 0.29) is 24.3 Å². The highest BCUT2D eigenvalue weighted by Crippen LogP contribution is 2.24. The van der Waals surface area contributed by atoms with E-state index in [9.17, 15) is 34.5 Å². The van der Waals surface area contributed by atoms with Crippen molar-refractivity contribution >= 4 is 23.8 Å². The molecule has 10 heteroatoms. The highest BCUT2D eigenvalue weighted by Gasteiger charge is 2.31. The molecule has 0 aliphatic rings. The maximum absolute atomic E-state index is 12.4. The van der Waals surface area contributed by atoms with Gasteiger partial charge in [0.25, 0.3) is 0 Å². The van der Waals surface area contributed by atoms with Gasteiger partial charge in [-0.15, -0.1) is 0 Å². The Morgan fingerprint density at radius 2 is 1.43 bits per heavy atom. The molecule has 216 valence electrons. The molecule has 0 spiro atoms. The standard InChI is InChI=1S/C27H49NO9/c1-5-19(3)26(34)23(37-25(33)16-21(27(35)36)15-24(31)32)14-18(2)12-10-8-6-7-9-11-13-22(30)17-28-20(4)29/h18-19,21-23,26,30,34H,5-17H2,1-4H3,(H,28,29)(H,31,32)(H,35,36)/t18-,19+,21?,22-,23-,26+/m0/s1. The van der Waals surface area contributed by atoms with Crippen LogP contribution in [0.2, 0.25) is 0 Å². The number of aliphatic hydroxyl groups excluding tert-OH is 2. The van der Waals surface area contributed by atoms with Gasteiger partial charge in [0, 0.05) is 13.5 Å². The topological polar surface area (TPSA) is 170 Å². The van der Waals surface area contributed by atoms with Crippen LogP contribution in [-0.2, 0) is 23.9 Å². The number of rotatable bonds is 22. The Labute approximate surface area is 221 Å². The lowest BCUT2D eigenvalue weighted by Gasteiger charge is -2.29. The van der Waals surface area contributed by atoms with Crippen molar-refractivity contribution in [1.29, 1.82) is 0 Å². The van der Waals surface area contributed by atoms with Gasteiger partial charge in [-0.25, -0.2) is 0 Å². The van der Waals surface area contributed by atoms with Crippen molar-refractivity contribution in [2.24, 2.45) is 17.8 Å². The van der Waals surface area contributed by atoms with Crippen LogP contribution in [0.1, 0.15) is 105 Å². The SMILES string of the molecule is CC[C@@H](C)[C@@H](O)[C@H](C[C@@H](C)CCCCCCCC[C@H](O)CNC(C)=O)OC(=O)CC(CC(=O)O)C(=O)O. The molecule has 10 nitrogen and oxygen atoms in total. The minimum absolute atomic E-state index is 0.115. The number of carbonyl (C=O) groups excluding carboxylic acids is 2. The van der Waals surface area contributed by atoms with Gasteiger partial charge in [0.15, 0.2) is 0 Å². The maximum Gasteiger partial charge on any atom is 0.307 e. The van der Waals surface area contributed by atoms with Crippen LogP contribution in [0.5, 0.6) is 0 Å². The predicted octanol–water partition coefficient (Wildman–Crippen LogP) is 3.51. The molecular formula is C27H49NO9. The zero-order valence-electron chi connectivity index (χ0n) is 23.0. The van der Waals surface area contributed by atoms with E-state index in [0.717, 1.165) is 44.9 Å². The van der Waals surface area contributed by atoms with E-state index in [4.69, 9.17) is 9.84 Å². The number of aliphatic carboxylic acids is 2. The summed E-state index contributed by atoms with van der Waals surface area (Å²) >= 11 is 0. The molecule has 6 atom stereocenters. The summed E-state index contributed by atoms with van der Waals surface area (Å²) < 4.78 is 5.50. The second kappa shape index (κ2) is 19.9. The van der Waals surface area contributed by atoms with Gasteiger partial charge in [-0.3, -0.25) is 19.2 Å². The lowest BCUT2D eigenvalue weighted by molar-refractivity contribution is -0.163. The zero-order chi connectivity index (χ0) is 28.4. The minimum atomic E-state index is -1.37. The van der Waals surface area contributed by atoms with Crippen LogP contribution in [0.25, 0.3) is 0 Å². The molecule has 0 rings (SSSR count). The molecule has 0 heterocycles. The van der Waals surface area contributed by atoms with Crippen LogP contribution in [0.3, 0.4) is 0 Å². The number of esters is 1. The van der Waals surface area contributed by atoms with Crippen molar-refractivity contribution in [3.05, 3.63) is 0 Å². The van der Waals surface area contributed by atoms with Crippen LogP contribution in [0.15, 0.2) is 0 Å². The van der Waals surface area contributed by atoms with Crippen molar-refractivity contribution in [1.82, 2.24) is 5.32 Å². The average Bonchev–Trinajstić information content (AvgIpc) is 2.82. The van der Waals surface area contributed by atoms with E-state index < -0.39 is 55.0 Å². The van der Waals surface area contributed by atoms with Gasteiger partial charge >= 0.3 is 17.9 Å². The molecule has 0 aliphatic heterocycles. The molecule has 0 saturated carbocycles. The first-order valence-electron chi connectivity index (χ1n) is 13.6. The lowest BCUT2D eigenvalue weighted by atomic mass is 9.89. The van der Waals surface area contributed by atoms with E-state index in [0.29, 0.717) is 19.3 Å². The van der Waals surface area contributed by atoms with E-state index in [1.807, 2.05) is 20.8 Å². The van der Waals surface area contributed by atoms with Gasteiger partial charge in [-0.2, -0.15) is 0 Å². The predicted molar refractivity (Wildman–Crippen MR) is 139 cm³/mol. The van der Waals surface area contributed by atoms with Crippen LogP contribution in [-0.4, -0.2) is 69.1 Å². The van der Waals surface area contributed by atoms with Crippen LogP contribution in [0.4, 0.5) is 0 Å². The number of nitrogens with one attached hydrogen (secondary N) is 1. The Bertz CT molecular complexity index is 685. The number of ether oxygens (including phenoxy) is 1. The van der Waals surface area contributed by atoms with Crippen molar-refractivity contribution in [3.8, 4) is 0 Å². The largest absolute Gasteiger partial charge is 0.481 e. The molecule has 0 fully saturated rings. The molecule has 5 N–H and O–H groups in total. The molecule has 0 aromatic carbocycles. The number of carboxylic acids is 2. The first-order valence-corrected chi connectivity index (χ1v) is 13.6. The number of carboxylic acid groups (broad SMARTS) is 2. The molecule has 0 aromatic heterocycles. The molecule has 37 heavy (non-hydrogen) atoms. The van der Waals surface area contributed by atoms with E-state index in [1.165, 1.54) is 6.92 Å². The second-order valence-electron chi connectivity index (χ2n) is 10.4. The highest BCUT2D eigenvalue weighted by atomic mass is 16.6. The Morgan fingerprint density at radius 1 is 0.865 bits per heavy atom. The first kappa shape index (κ1) is 34.8. The fraction of sp³-hybridized carbons (Fsp3) is 0.852. The van der Waals surface area contributed by atoms with Gasteiger partial charge in [-0.1, -0.05) is 72.1 Å². The minimum Gasteiger partial charge on any atom is -0.481 e. The number of amides is 1. The molecule has 0 radical (unpaired) electrons. The molecule has 1 unspecified atom stereocenters. The Morgan fingerprint density at radius 3 is 1.95 bits per heavy atom. The molecule has 0 aromatic rings. The normalized spacial score (nSPS) is 16.2. The quantitative estimate of drug-likeness (QED) is 0.104. The van der Waals surface area contributed by atoms with Crippen molar-refractivity contribution in [3.63, 3.8) is 0 Å². The summed E-state index contributed by atoms with van der Waals surface area (Å²) in [6, 6.07) is 0. The molecule has 0 aliphatic carbocycles. The summed E-state index contributed by atoms with van der Waals surface area (Å²) in [5.74, 6) is -4.93. The third kappa shape index (κ3) is 17.8. The Balaban J connectivity index is 4.49. The third-order valence-corrected chi connectivity index (χ3v) is 6.78. The van der Waals surface area contributed by atoms with Gasteiger partial charge in [0.05, 0.1) is 31.0 Å². The number of hydrogen-bond acceptors (Lipinski definition) is 7. The molecule has 0 bridgehead atoms. The Kier molecular flexibility index (Phi) is 18.7. The molecule has 0 saturated heterocycles. The lowest BCUT2D eigenvalue weighted by Crippen LogP contribution is -2.38. The van der Waals surface area contributed by atoms with Gasteiger partial charge < -0.3 is 30.5 Å². The third-order valence-electron chi connectivity index (χ3n) is 6.78. The number of hydrogen-bond donors (Lipinski definition) is 5. The summed E-state index contributed by atoms with van der Waals surface area (Å²) in [6.45, 7) is 7.53. The van der Waals surface area contributed by atoms with Crippen molar-refractivity contribution in [2.75, 3.05) is 6.54 Å². The summed E-state index contributed by atoms with van der Waals surface area (Å²) in [7, 11) is 0. The van der Waals surface area contributed by atoms with Crippen molar-refractivity contribution in [2.45, 2.75) is 123 Å². The monoisotopic (exact) mass is 531 g/mol. The Hall–Kier alpha value is -2.20. The van der Waals surface area contributed by atoms with E-state index in [2.05, 4.69) is 5.32 Å². The van der Waals surface area contributed by atoms with Crippen molar-refractivity contribution < 1.29 is 44.3 Å². The number of carbonyl (C=O) groups is 4. The summed E-state index contributed by atoms with van der Waals surface area (Å²) in [5, 5.41) is 41.2. The van der Waals surface area contributed by atoms with Crippen LogP contribution >= 0.6 is 0 Å². The van der Waals surface area contributed by atoms with E-state index in [1.54, 1.807) is 0 Å². The fourth-order valence-corrected chi connectivity index (χ4v) is 4.20. The number of aliphatic hydroxyl groups is 2. The second-order valence-corrected chi connectivity index (χ2v) is 10.4. The van der Waals surface area contributed by atoms with Gasteiger partial charge in [0.2, 0.25) is 5.91 Å². The smallest absolute Gasteiger partial charge is 0.307 e. The van der Waals surface area contributed by atoms with Crippen LogP contribution in [0, 0.1) is 17.8 Å². The molecule has 1 amide bonds. The maximum atomic E-state index is 12.4. The highest BCUT2D eigenvalue weighted by molar-refractivity contribution is 5.82. The van der Waals surface area contributed by atoms with Gasteiger partial charge in [0.1, 0.15) is 6.10 Å². The average molecular weight is 532 g/mol. The number of unbranched alkanes of at least 4 members (excludes halogenated alkanes) is 5. The van der Waals surface area contributed by atoms with Gasteiger partial charge in [-0.05, 0) is 24.7 Å². The summed E-state index contributed by atoms with van der Waals surface area (Å²) in [5.41, 5.74) is 0. The summed E-state index contributed by atoms with van der Waals surface area (Å²) in [6.07, 6.45) is 5.40. The fourth-order valence-electron chi connectivity index (χ4n) is 4.20. The first-order chi connectivity index (χ1) is 17.4. The van der Waals surface area contributed by atoms with Crippen LogP contribution < -0.4 is 5.32 Å². The zero-order valence-corrected chi connectivity index (χ0v) is 23.0. The van der Waals surface area contributed by atoms with E-state index >= 15 is 0 Å².